The Morgan fingerprint density at radius 1 is 1.46 bits per heavy atom. The van der Waals surface area contributed by atoms with E-state index in [1.54, 1.807) is 12.1 Å². The topological polar surface area (TPSA) is 53.9 Å². The fraction of sp³-hybridized carbons (Fsp3) is 0.647. The fourth-order valence-corrected chi connectivity index (χ4v) is 4.24. The van der Waals surface area contributed by atoms with E-state index in [2.05, 4.69) is 29.2 Å². The van der Waals surface area contributed by atoms with Gasteiger partial charge in [-0.25, -0.2) is 0 Å². The minimum atomic E-state index is -0.103. The number of amides is 1. The Balaban J connectivity index is 1.42. The molecule has 132 valence electrons. The van der Waals surface area contributed by atoms with Crippen LogP contribution in [0, 0.1) is 5.92 Å². The van der Waals surface area contributed by atoms with Gasteiger partial charge in [0.05, 0.1) is 21.5 Å². The standard InChI is InChI=1S/C17H24ClN3O2S/c1-11(2)21-7-5-12(6-8-21)14-9-13(23-20-14)10-19-17(22)15-3-4-16(18)24-15/h3-4,11-13H,5-10H2,1-2H3,(H,19,22). The maximum Gasteiger partial charge on any atom is 0.261 e. The third-order valence-corrected chi connectivity index (χ3v) is 6.00. The van der Waals surface area contributed by atoms with Crippen LogP contribution in [0.4, 0.5) is 0 Å². The van der Waals surface area contributed by atoms with Gasteiger partial charge in [-0.15, -0.1) is 11.3 Å². The molecule has 1 unspecified atom stereocenters. The van der Waals surface area contributed by atoms with Gasteiger partial charge in [0.2, 0.25) is 0 Å². The van der Waals surface area contributed by atoms with E-state index < -0.39 is 0 Å². The second kappa shape index (κ2) is 7.85. The molecule has 1 fully saturated rings. The molecule has 24 heavy (non-hydrogen) atoms. The van der Waals surface area contributed by atoms with Crippen molar-refractivity contribution in [1.82, 2.24) is 10.2 Å². The number of thiophene rings is 1. The van der Waals surface area contributed by atoms with E-state index in [4.69, 9.17) is 16.4 Å². The number of carbonyl (C=O) groups excluding carboxylic acids is 1. The van der Waals surface area contributed by atoms with E-state index in [9.17, 15) is 4.79 Å². The first-order valence-electron chi connectivity index (χ1n) is 8.53. The van der Waals surface area contributed by atoms with Crippen molar-refractivity contribution in [3.63, 3.8) is 0 Å². The lowest BCUT2D eigenvalue weighted by Crippen LogP contribution is -2.40. The van der Waals surface area contributed by atoms with E-state index >= 15 is 0 Å². The van der Waals surface area contributed by atoms with E-state index in [-0.39, 0.29) is 12.0 Å². The number of oxime groups is 1. The van der Waals surface area contributed by atoms with Crippen molar-refractivity contribution >= 4 is 34.6 Å². The van der Waals surface area contributed by atoms with Crippen LogP contribution in [0.3, 0.4) is 0 Å². The first kappa shape index (κ1) is 17.7. The number of carbonyl (C=O) groups is 1. The molecule has 0 spiro atoms. The normalized spacial score (nSPS) is 22.5. The Morgan fingerprint density at radius 3 is 2.83 bits per heavy atom. The Hall–Kier alpha value is -1.11. The van der Waals surface area contributed by atoms with Crippen LogP contribution in [-0.2, 0) is 4.84 Å². The van der Waals surface area contributed by atoms with Crippen LogP contribution < -0.4 is 5.32 Å². The third-order valence-electron chi connectivity index (χ3n) is 4.77. The molecule has 3 rings (SSSR count). The number of nitrogens with one attached hydrogen (secondary N) is 1. The molecule has 0 aliphatic carbocycles. The molecule has 3 heterocycles. The van der Waals surface area contributed by atoms with Crippen LogP contribution in [0.25, 0.3) is 0 Å². The highest BCUT2D eigenvalue weighted by Gasteiger charge is 2.30. The lowest BCUT2D eigenvalue weighted by atomic mass is 9.89. The summed E-state index contributed by atoms with van der Waals surface area (Å²) in [7, 11) is 0. The maximum atomic E-state index is 12.0. The minimum absolute atomic E-state index is 0.0532. The lowest BCUT2D eigenvalue weighted by molar-refractivity contribution is 0.0755. The summed E-state index contributed by atoms with van der Waals surface area (Å²) in [4.78, 5) is 20.7. The summed E-state index contributed by atoms with van der Waals surface area (Å²) in [5.74, 6) is 0.422. The molecule has 2 aliphatic rings. The van der Waals surface area contributed by atoms with Crippen LogP contribution in [0.1, 0.15) is 42.8 Å². The zero-order chi connectivity index (χ0) is 17.1. The SMILES string of the molecule is CC(C)N1CCC(C2=NOC(CNC(=O)c3ccc(Cl)s3)C2)CC1. The Morgan fingerprint density at radius 2 is 2.21 bits per heavy atom. The zero-order valence-corrected chi connectivity index (χ0v) is 15.7. The van der Waals surface area contributed by atoms with Crippen molar-refractivity contribution in [1.29, 1.82) is 0 Å². The molecule has 1 amide bonds. The van der Waals surface area contributed by atoms with Crippen LogP contribution in [0.5, 0.6) is 0 Å². The highest BCUT2D eigenvalue weighted by molar-refractivity contribution is 7.17. The average molecular weight is 370 g/mol. The maximum absolute atomic E-state index is 12.0. The Kier molecular flexibility index (Phi) is 5.79. The van der Waals surface area contributed by atoms with Crippen molar-refractivity contribution in [2.45, 2.75) is 45.3 Å². The highest BCUT2D eigenvalue weighted by Crippen LogP contribution is 2.26. The molecule has 7 heteroatoms. The molecule has 0 radical (unpaired) electrons. The van der Waals surface area contributed by atoms with Gasteiger partial charge in [0, 0.05) is 18.4 Å². The summed E-state index contributed by atoms with van der Waals surface area (Å²) in [5.41, 5.74) is 1.16. The zero-order valence-electron chi connectivity index (χ0n) is 14.1. The molecule has 1 saturated heterocycles. The molecule has 5 nitrogen and oxygen atoms in total. The number of rotatable bonds is 5. The number of halogens is 1. The van der Waals surface area contributed by atoms with Crippen LogP contribution in [0.15, 0.2) is 17.3 Å². The van der Waals surface area contributed by atoms with E-state index in [1.807, 2.05) is 0 Å². The van der Waals surface area contributed by atoms with Gasteiger partial charge in [0.1, 0.15) is 6.10 Å². The number of piperidine rings is 1. The molecule has 1 aromatic rings. The molecular weight excluding hydrogens is 346 g/mol. The fourth-order valence-electron chi connectivity index (χ4n) is 3.28. The minimum Gasteiger partial charge on any atom is -0.390 e. The monoisotopic (exact) mass is 369 g/mol. The van der Waals surface area contributed by atoms with Crippen LogP contribution in [0.2, 0.25) is 4.34 Å². The molecule has 1 N–H and O–H groups in total. The Labute approximate surface area is 152 Å². The lowest BCUT2D eigenvalue weighted by Gasteiger charge is -2.34. The van der Waals surface area contributed by atoms with E-state index in [0.717, 1.165) is 38.1 Å². The van der Waals surface area contributed by atoms with E-state index in [1.165, 1.54) is 11.3 Å². The van der Waals surface area contributed by atoms with Crippen molar-refractivity contribution < 1.29 is 9.63 Å². The van der Waals surface area contributed by atoms with Gasteiger partial charge < -0.3 is 15.1 Å². The summed E-state index contributed by atoms with van der Waals surface area (Å²) < 4.78 is 0.621. The predicted octanol–water partition coefficient (Wildman–Crippen LogP) is 3.40. The summed E-state index contributed by atoms with van der Waals surface area (Å²) in [5, 5.41) is 7.20. The molecule has 0 saturated carbocycles. The second-order valence-corrected chi connectivity index (χ2v) is 8.45. The summed E-state index contributed by atoms with van der Waals surface area (Å²) in [6.45, 7) is 7.22. The van der Waals surface area contributed by atoms with Gasteiger partial charge in [-0.1, -0.05) is 16.8 Å². The number of likely N-dealkylation sites (tertiary alicyclic amines) is 1. The largest absolute Gasteiger partial charge is 0.390 e. The predicted molar refractivity (Wildman–Crippen MR) is 98.0 cm³/mol. The number of nitrogens with zero attached hydrogens (tertiary/aromatic N) is 2. The highest BCUT2D eigenvalue weighted by atomic mass is 35.5. The van der Waals surface area contributed by atoms with E-state index in [0.29, 0.717) is 27.7 Å². The number of hydrogen-bond donors (Lipinski definition) is 1. The third kappa shape index (κ3) is 4.29. The molecule has 2 aliphatic heterocycles. The molecule has 1 atom stereocenters. The second-order valence-electron chi connectivity index (χ2n) is 6.73. The molecule has 0 aromatic carbocycles. The summed E-state index contributed by atoms with van der Waals surface area (Å²) in [6.07, 6.45) is 3.06. The van der Waals surface area contributed by atoms with Gasteiger partial charge in [0.25, 0.3) is 5.91 Å². The van der Waals surface area contributed by atoms with Crippen LogP contribution >= 0.6 is 22.9 Å². The van der Waals surface area contributed by atoms with Gasteiger partial charge in [-0.2, -0.15) is 0 Å². The van der Waals surface area contributed by atoms with Crippen molar-refractivity contribution in [2.75, 3.05) is 19.6 Å². The molecular formula is C17H24ClN3O2S. The van der Waals surface area contributed by atoms with Crippen molar-refractivity contribution in [3.05, 3.63) is 21.3 Å². The molecule has 1 aromatic heterocycles. The summed E-state index contributed by atoms with van der Waals surface area (Å²) in [6, 6.07) is 4.08. The Bertz CT molecular complexity index is 609. The van der Waals surface area contributed by atoms with Gasteiger partial charge in [-0.3, -0.25) is 4.79 Å². The quantitative estimate of drug-likeness (QED) is 0.865. The number of hydrogen-bond acceptors (Lipinski definition) is 5. The van der Waals surface area contributed by atoms with Gasteiger partial charge in [-0.05, 0) is 51.9 Å². The smallest absolute Gasteiger partial charge is 0.261 e. The van der Waals surface area contributed by atoms with Crippen molar-refractivity contribution in [3.8, 4) is 0 Å². The van der Waals surface area contributed by atoms with Gasteiger partial charge >= 0.3 is 0 Å². The van der Waals surface area contributed by atoms with Crippen LogP contribution in [-0.4, -0.2) is 48.3 Å². The van der Waals surface area contributed by atoms with Crippen molar-refractivity contribution in [2.24, 2.45) is 11.1 Å². The summed E-state index contributed by atoms with van der Waals surface area (Å²) >= 11 is 7.14. The first-order valence-corrected chi connectivity index (χ1v) is 9.72. The van der Waals surface area contributed by atoms with Gasteiger partial charge in [0.15, 0.2) is 0 Å². The first-order chi connectivity index (χ1) is 11.5. The average Bonchev–Trinajstić information content (AvgIpc) is 3.22. The molecule has 0 bridgehead atoms.